The standard InChI is InChI=1S/C29H32AsN3O2/c1-20(2)35-28-9-4-3-8-27(28)33-14-12-32(13-15-33)19-21-6-5-7-22(16-21)29(34)25-18-31-26-17-23(30)10-11-24(25)26/h3-11,16-17,20,25,31H,12-15,18-19H2,1-2H3. The Morgan fingerprint density at radius 1 is 1.03 bits per heavy atom. The predicted octanol–water partition coefficient (Wildman–Crippen LogP) is 3.98. The van der Waals surface area contributed by atoms with Crippen LogP contribution < -0.4 is 19.3 Å². The van der Waals surface area contributed by atoms with E-state index in [2.05, 4.69) is 94.3 Å². The van der Waals surface area contributed by atoms with Gasteiger partial charge in [0.2, 0.25) is 0 Å². The molecule has 1 fully saturated rings. The van der Waals surface area contributed by atoms with Gasteiger partial charge in [-0.3, -0.25) is 0 Å². The minimum atomic E-state index is -0.120. The Hall–Kier alpha value is -2.75. The van der Waals surface area contributed by atoms with Crippen LogP contribution in [-0.4, -0.2) is 66.4 Å². The topological polar surface area (TPSA) is 44.8 Å². The fraction of sp³-hybridized carbons (Fsp3) is 0.345. The number of rotatable bonds is 7. The fourth-order valence-corrected chi connectivity index (χ4v) is 5.49. The number of benzene rings is 3. The molecular formula is C29H32AsN3O2. The van der Waals surface area contributed by atoms with Crippen LogP contribution in [0.1, 0.15) is 41.3 Å². The Bertz CT molecular complexity index is 1200. The molecule has 1 atom stereocenters. The van der Waals surface area contributed by atoms with Crippen LogP contribution >= 0.6 is 0 Å². The van der Waals surface area contributed by atoms with Gasteiger partial charge in [-0.05, 0) is 26.0 Å². The molecule has 1 N–H and O–H groups in total. The number of ether oxygens (including phenoxy) is 1. The van der Waals surface area contributed by atoms with Gasteiger partial charge in [-0.15, -0.1) is 0 Å². The third-order valence-corrected chi connectivity index (χ3v) is 7.37. The van der Waals surface area contributed by atoms with Gasteiger partial charge in [-0.1, -0.05) is 12.1 Å². The molecule has 0 spiro atoms. The van der Waals surface area contributed by atoms with E-state index < -0.39 is 0 Å². The second-order valence-corrected chi connectivity index (χ2v) is 10.8. The minimum Gasteiger partial charge on any atom is 0.0307 e. The number of hydrogen-bond donors (Lipinski definition) is 1. The van der Waals surface area contributed by atoms with Crippen molar-refractivity contribution in [1.82, 2.24) is 4.90 Å². The number of ketones is 1. The SMILES string of the molecule is CC(C)Oc1ccccc1N1CCN(Cc2cccc(C(=O)C3CNc4cc([As])ccc43)c2)CC1. The molecule has 5 rings (SSSR count). The average molecular weight is 530 g/mol. The molecule has 3 aromatic carbocycles. The summed E-state index contributed by atoms with van der Waals surface area (Å²) in [4.78, 5) is 18.3. The van der Waals surface area contributed by atoms with E-state index in [1.807, 2.05) is 18.2 Å². The molecule has 3 aromatic rings. The molecule has 35 heavy (non-hydrogen) atoms. The van der Waals surface area contributed by atoms with Gasteiger partial charge < -0.3 is 9.64 Å². The minimum absolute atomic E-state index is 0.120. The summed E-state index contributed by atoms with van der Waals surface area (Å²) < 4.78 is 7.18. The van der Waals surface area contributed by atoms with E-state index in [1.165, 1.54) is 11.3 Å². The second kappa shape index (κ2) is 10.5. The van der Waals surface area contributed by atoms with Crippen molar-refractivity contribution in [3.63, 3.8) is 0 Å². The Morgan fingerprint density at radius 2 is 1.83 bits per heavy atom. The van der Waals surface area contributed by atoms with Gasteiger partial charge in [0.05, 0.1) is 11.8 Å². The summed E-state index contributed by atoms with van der Waals surface area (Å²) in [6.45, 7) is 9.53. The third-order valence-electron chi connectivity index (χ3n) is 6.78. The Balaban J connectivity index is 1.22. The second-order valence-electron chi connectivity index (χ2n) is 9.67. The van der Waals surface area contributed by atoms with Crippen LogP contribution in [0.2, 0.25) is 0 Å². The third kappa shape index (κ3) is 5.42. The number of fused-ring (bicyclic) bond motifs is 1. The number of carbonyl (C=O) groups excluding carboxylic acids is 1. The number of piperazine rings is 1. The van der Waals surface area contributed by atoms with Gasteiger partial charge >= 0.3 is 139 Å². The smallest absolute Gasteiger partial charge is 0.0307 e. The fourth-order valence-electron chi connectivity index (χ4n) is 5.06. The number of carbonyl (C=O) groups is 1. The number of para-hydroxylation sites is 2. The van der Waals surface area contributed by atoms with Crippen LogP contribution in [0.4, 0.5) is 11.4 Å². The van der Waals surface area contributed by atoms with Gasteiger partial charge in [-0.25, -0.2) is 0 Å². The van der Waals surface area contributed by atoms with E-state index in [0.29, 0.717) is 6.54 Å². The number of Topliss-reactive ketones (excluding diaryl/α,β-unsaturated/α-hetero) is 1. The molecule has 2 radical (unpaired) electrons. The molecule has 0 bridgehead atoms. The van der Waals surface area contributed by atoms with Crippen molar-refractivity contribution in [3.05, 3.63) is 83.4 Å². The number of anilines is 2. The Morgan fingerprint density at radius 3 is 2.63 bits per heavy atom. The molecule has 0 saturated carbocycles. The van der Waals surface area contributed by atoms with E-state index in [0.717, 1.165) is 59.6 Å². The van der Waals surface area contributed by atoms with Crippen LogP contribution in [0.25, 0.3) is 0 Å². The predicted molar refractivity (Wildman–Crippen MR) is 144 cm³/mol. The maximum absolute atomic E-state index is 13.4. The zero-order chi connectivity index (χ0) is 24.4. The molecule has 0 aromatic heterocycles. The summed E-state index contributed by atoms with van der Waals surface area (Å²) in [7, 11) is 0. The zero-order valence-corrected chi connectivity index (χ0v) is 22.3. The van der Waals surface area contributed by atoms with Crippen LogP contribution in [0.3, 0.4) is 0 Å². The number of hydrogen-bond acceptors (Lipinski definition) is 5. The molecule has 180 valence electrons. The molecule has 6 heteroatoms. The molecule has 0 amide bonds. The number of nitrogens with zero attached hydrogens (tertiary/aromatic N) is 2. The molecule has 2 aliphatic rings. The summed E-state index contributed by atoms with van der Waals surface area (Å²) in [6.07, 6.45) is 0.157. The monoisotopic (exact) mass is 529 g/mol. The van der Waals surface area contributed by atoms with Gasteiger partial charge in [0, 0.05) is 13.1 Å². The van der Waals surface area contributed by atoms with Gasteiger partial charge in [0.25, 0.3) is 0 Å². The molecule has 1 saturated heterocycles. The molecule has 2 heterocycles. The first kappa shape index (κ1) is 24.0. The first-order chi connectivity index (χ1) is 17.0. The summed E-state index contributed by atoms with van der Waals surface area (Å²) in [5.41, 5.74) is 5.36. The summed E-state index contributed by atoms with van der Waals surface area (Å²) >= 11 is 2.56. The van der Waals surface area contributed by atoms with Crippen molar-refractivity contribution in [1.29, 1.82) is 0 Å². The van der Waals surface area contributed by atoms with Crippen molar-refractivity contribution in [2.45, 2.75) is 32.4 Å². The summed E-state index contributed by atoms with van der Waals surface area (Å²) in [6, 6.07) is 22.8. The van der Waals surface area contributed by atoms with Crippen molar-refractivity contribution in [2.24, 2.45) is 0 Å². The van der Waals surface area contributed by atoms with Crippen molar-refractivity contribution in [3.8, 4) is 5.75 Å². The Labute approximate surface area is 217 Å². The van der Waals surface area contributed by atoms with E-state index in [4.69, 9.17) is 4.74 Å². The van der Waals surface area contributed by atoms with Crippen molar-refractivity contribution >= 4 is 38.4 Å². The van der Waals surface area contributed by atoms with E-state index in [-0.39, 0.29) is 17.8 Å². The van der Waals surface area contributed by atoms with Crippen LogP contribution in [-0.2, 0) is 6.54 Å². The van der Waals surface area contributed by atoms with Crippen LogP contribution in [0.15, 0.2) is 66.7 Å². The van der Waals surface area contributed by atoms with Crippen LogP contribution in [0.5, 0.6) is 5.75 Å². The first-order valence-electron chi connectivity index (χ1n) is 12.4. The van der Waals surface area contributed by atoms with Gasteiger partial charge in [-0.2, -0.15) is 0 Å². The Kier molecular flexibility index (Phi) is 7.17. The molecule has 2 aliphatic heterocycles. The quantitative estimate of drug-likeness (QED) is 0.371. The van der Waals surface area contributed by atoms with E-state index in [9.17, 15) is 4.79 Å². The van der Waals surface area contributed by atoms with Gasteiger partial charge in [0.15, 0.2) is 0 Å². The van der Waals surface area contributed by atoms with Crippen molar-refractivity contribution in [2.75, 3.05) is 42.9 Å². The summed E-state index contributed by atoms with van der Waals surface area (Å²) in [5.74, 6) is 1.03. The summed E-state index contributed by atoms with van der Waals surface area (Å²) in [5, 5.41) is 3.40. The first-order valence-corrected chi connectivity index (χ1v) is 13.3. The van der Waals surface area contributed by atoms with Crippen LogP contribution in [0, 0.1) is 0 Å². The molecule has 0 aliphatic carbocycles. The van der Waals surface area contributed by atoms with Crippen molar-refractivity contribution < 1.29 is 9.53 Å². The molecule has 1 unspecified atom stereocenters. The van der Waals surface area contributed by atoms with E-state index in [1.54, 1.807) is 0 Å². The maximum atomic E-state index is 13.4. The normalized spacial score (nSPS) is 17.8. The molecular weight excluding hydrogens is 497 g/mol. The molecule has 5 nitrogen and oxygen atoms in total. The zero-order valence-electron chi connectivity index (χ0n) is 20.4. The number of nitrogens with one attached hydrogen (secondary N) is 1. The average Bonchev–Trinajstić information content (AvgIpc) is 3.27. The van der Waals surface area contributed by atoms with E-state index >= 15 is 0 Å². The van der Waals surface area contributed by atoms with Gasteiger partial charge in [0.1, 0.15) is 5.75 Å².